The third-order valence-corrected chi connectivity index (χ3v) is 3.59. The molecule has 2 rings (SSSR count). The number of benzene rings is 2. The minimum atomic E-state index is -4.43. The first kappa shape index (κ1) is 18.0. The summed E-state index contributed by atoms with van der Waals surface area (Å²) >= 11 is 0. The molecule has 0 aliphatic heterocycles. The summed E-state index contributed by atoms with van der Waals surface area (Å²) < 4.78 is 38.0. The Kier molecular flexibility index (Phi) is 5.98. The highest BCUT2D eigenvalue weighted by Crippen LogP contribution is 2.30. The first-order chi connectivity index (χ1) is 11.4. The Balaban J connectivity index is 1.94. The van der Waals surface area contributed by atoms with E-state index in [1.165, 1.54) is 12.1 Å². The van der Waals surface area contributed by atoms with Gasteiger partial charge in [0, 0.05) is 11.7 Å². The van der Waals surface area contributed by atoms with E-state index in [4.69, 9.17) is 0 Å². The highest BCUT2D eigenvalue weighted by atomic mass is 19.4. The van der Waals surface area contributed by atoms with Crippen molar-refractivity contribution in [3.63, 3.8) is 0 Å². The van der Waals surface area contributed by atoms with Crippen LogP contribution in [0.1, 0.15) is 30.5 Å². The van der Waals surface area contributed by atoms with Gasteiger partial charge in [0.1, 0.15) is 0 Å². The SMILES string of the molecule is CCC(NCC(=O)Nc1cccc(C(F)(F)F)c1)c1ccccc1. The molecule has 0 saturated carbocycles. The van der Waals surface area contributed by atoms with Gasteiger partial charge in [-0.05, 0) is 30.2 Å². The van der Waals surface area contributed by atoms with Crippen LogP contribution in [0, 0.1) is 0 Å². The van der Waals surface area contributed by atoms with Gasteiger partial charge >= 0.3 is 6.18 Å². The lowest BCUT2D eigenvalue weighted by molar-refractivity contribution is -0.137. The number of nitrogens with one attached hydrogen (secondary N) is 2. The molecular weight excluding hydrogens is 317 g/mol. The molecule has 0 fully saturated rings. The summed E-state index contributed by atoms with van der Waals surface area (Å²) in [7, 11) is 0. The number of carbonyl (C=O) groups excluding carboxylic acids is 1. The Morgan fingerprint density at radius 2 is 1.79 bits per heavy atom. The van der Waals surface area contributed by atoms with E-state index in [0.717, 1.165) is 24.1 Å². The molecule has 6 heteroatoms. The zero-order valence-electron chi connectivity index (χ0n) is 13.2. The highest BCUT2D eigenvalue weighted by molar-refractivity contribution is 5.92. The van der Waals surface area contributed by atoms with Gasteiger partial charge in [0.25, 0.3) is 0 Å². The first-order valence-electron chi connectivity index (χ1n) is 7.65. The third-order valence-electron chi connectivity index (χ3n) is 3.59. The second kappa shape index (κ2) is 7.97. The molecule has 0 spiro atoms. The molecule has 0 aliphatic rings. The molecule has 2 N–H and O–H groups in total. The molecular formula is C18H19F3N2O. The van der Waals surface area contributed by atoms with Crippen LogP contribution in [0.3, 0.4) is 0 Å². The molecule has 0 aliphatic carbocycles. The fourth-order valence-electron chi connectivity index (χ4n) is 2.38. The zero-order chi connectivity index (χ0) is 17.6. The number of rotatable bonds is 6. The van der Waals surface area contributed by atoms with Crippen LogP contribution in [0.25, 0.3) is 0 Å². The quantitative estimate of drug-likeness (QED) is 0.822. The van der Waals surface area contributed by atoms with E-state index >= 15 is 0 Å². The number of hydrogen-bond acceptors (Lipinski definition) is 2. The third kappa shape index (κ3) is 5.09. The Morgan fingerprint density at radius 3 is 2.42 bits per heavy atom. The Hall–Kier alpha value is -2.34. The van der Waals surface area contributed by atoms with Gasteiger partial charge in [-0.1, -0.05) is 43.3 Å². The van der Waals surface area contributed by atoms with Crippen molar-refractivity contribution in [2.75, 3.05) is 11.9 Å². The second-order valence-electron chi connectivity index (χ2n) is 5.38. The van der Waals surface area contributed by atoms with E-state index in [0.29, 0.717) is 0 Å². The predicted molar refractivity (Wildman–Crippen MR) is 87.6 cm³/mol. The van der Waals surface area contributed by atoms with Gasteiger partial charge < -0.3 is 10.6 Å². The summed E-state index contributed by atoms with van der Waals surface area (Å²) in [6.45, 7) is 2.01. The summed E-state index contributed by atoms with van der Waals surface area (Å²) in [5.41, 5.74) is 0.403. The molecule has 2 aromatic rings. The number of anilines is 1. The average Bonchev–Trinajstić information content (AvgIpc) is 2.56. The van der Waals surface area contributed by atoms with Gasteiger partial charge in [0.15, 0.2) is 0 Å². The van der Waals surface area contributed by atoms with Crippen LogP contribution in [0.4, 0.5) is 18.9 Å². The fraction of sp³-hybridized carbons (Fsp3) is 0.278. The van der Waals surface area contributed by atoms with Gasteiger partial charge in [0.2, 0.25) is 5.91 Å². The Labute approximate surface area is 138 Å². The van der Waals surface area contributed by atoms with Crippen molar-refractivity contribution >= 4 is 11.6 Å². The van der Waals surface area contributed by atoms with E-state index < -0.39 is 11.7 Å². The largest absolute Gasteiger partial charge is 0.416 e. The topological polar surface area (TPSA) is 41.1 Å². The van der Waals surface area contributed by atoms with Gasteiger partial charge in [-0.3, -0.25) is 4.79 Å². The van der Waals surface area contributed by atoms with Crippen molar-refractivity contribution in [2.24, 2.45) is 0 Å². The molecule has 24 heavy (non-hydrogen) atoms. The summed E-state index contributed by atoms with van der Waals surface area (Å²) in [4.78, 5) is 12.0. The maximum Gasteiger partial charge on any atom is 0.416 e. The van der Waals surface area contributed by atoms with Crippen molar-refractivity contribution in [3.05, 3.63) is 65.7 Å². The minimum absolute atomic E-state index is 0.0125. The van der Waals surface area contributed by atoms with E-state index in [2.05, 4.69) is 10.6 Å². The second-order valence-corrected chi connectivity index (χ2v) is 5.38. The van der Waals surface area contributed by atoms with E-state index in [9.17, 15) is 18.0 Å². The molecule has 1 atom stereocenters. The van der Waals surface area contributed by atoms with Crippen molar-refractivity contribution < 1.29 is 18.0 Å². The molecule has 0 aromatic heterocycles. The number of carbonyl (C=O) groups is 1. The molecule has 1 unspecified atom stereocenters. The first-order valence-corrected chi connectivity index (χ1v) is 7.65. The predicted octanol–water partition coefficient (Wildman–Crippen LogP) is 4.38. The van der Waals surface area contributed by atoms with E-state index in [1.807, 2.05) is 37.3 Å². The monoisotopic (exact) mass is 336 g/mol. The van der Waals surface area contributed by atoms with Crippen LogP contribution in [0.2, 0.25) is 0 Å². The van der Waals surface area contributed by atoms with Crippen LogP contribution < -0.4 is 10.6 Å². The lowest BCUT2D eigenvalue weighted by Crippen LogP contribution is -2.31. The standard InChI is InChI=1S/C18H19F3N2O/c1-2-16(13-7-4-3-5-8-13)22-12-17(24)23-15-10-6-9-14(11-15)18(19,20)21/h3-11,16,22H,2,12H2,1H3,(H,23,24). The van der Waals surface area contributed by atoms with Crippen molar-refractivity contribution in [2.45, 2.75) is 25.6 Å². The summed E-state index contributed by atoms with van der Waals surface area (Å²) in [5, 5.41) is 5.60. The molecule has 0 heterocycles. The average molecular weight is 336 g/mol. The molecule has 0 radical (unpaired) electrons. The Morgan fingerprint density at radius 1 is 1.08 bits per heavy atom. The lowest BCUT2D eigenvalue weighted by atomic mass is 10.0. The molecule has 0 bridgehead atoms. The van der Waals surface area contributed by atoms with Gasteiger partial charge in [-0.25, -0.2) is 0 Å². The summed E-state index contributed by atoms with van der Waals surface area (Å²) in [6.07, 6.45) is -3.64. The highest BCUT2D eigenvalue weighted by Gasteiger charge is 2.30. The smallest absolute Gasteiger partial charge is 0.325 e. The number of hydrogen-bond donors (Lipinski definition) is 2. The number of halogens is 3. The van der Waals surface area contributed by atoms with Crippen LogP contribution in [0.5, 0.6) is 0 Å². The number of amides is 1. The van der Waals surface area contributed by atoms with Crippen LogP contribution >= 0.6 is 0 Å². The van der Waals surface area contributed by atoms with Crippen molar-refractivity contribution in [1.82, 2.24) is 5.32 Å². The number of alkyl halides is 3. The molecule has 2 aromatic carbocycles. The molecule has 3 nitrogen and oxygen atoms in total. The molecule has 0 saturated heterocycles. The van der Waals surface area contributed by atoms with Crippen LogP contribution in [-0.2, 0) is 11.0 Å². The normalized spacial score (nSPS) is 12.7. The van der Waals surface area contributed by atoms with Gasteiger partial charge in [-0.2, -0.15) is 13.2 Å². The minimum Gasteiger partial charge on any atom is -0.325 e. The van der Waals surface area contributed by atoms with Gasteiger partial charge in [-0.15, -0.1) is 0 Å². The van der Waals surface area contributed by atoms with E-state index in [1.54, 1.807) is 0 Å². The fourth-order valence-corrected chi connectivity index (χ4v) is 2.38. The summed E-state index contributed by atoms with van der Waals surface area (Å²) in [5.74, 6) is -0.385. The maximum absolute atomic E-state index is 12.7. The van der Waals surface area contributed by atoms with Gasteiger partial charge in [0.05, 0.1) is 12.1 Å². The lowest BCUT2D eigenvalue weighted by Gasteiger charge is -2.17. The maximum atomic E-state index is 12.7. The zero-order valence-corrected chi connectivity index (χ0v) is 13.2. The van der Waals surface area contributed by atoms with E-state index in [-0.39, 0.29) is 24.2 Å². The molecule has 1 amide bonds. The Bertz CT molecular complexity index is 671. The van der Waals surface area contributed by atoms with Crippen LogP contribution in [-0.4, -0.2) is 12.5 Å². The molecule has 128 valence electrons. The van der Waals surface area contributed by atoms with Crippen molar-refractivity contribution in [1.29, 1.82) is 0 Å². The van der Waals surface area contributed by atoms with Crippen molar-refractivity contribution in [3.8, 4) is 0 Å². The summed E-state index contributed by atoms with van der Waals surface area (Å²) in [6, 6.07) is 14.3. The van der Waals surface area contributed by atoms with Crippen LogP contribution in [0.15, 0.2) is 54.6 Å².